The van der Waals surface area contributed by atoms with Gasteiger partial charge in [0.25, 0.3) is 5.91 Å². The van der Waals surface area contributed by atoms with Gasteiger partial charge in [0.15, 0.2) is 0 Å². The van der Waals surface area contributed by atoms with Crippen LogP contribution in [0.2, 0.25) is 0 Å². The van der Waals surface area contributed by atoms with Crippen molar-refractivity contribution in [2.24, 2.45) is 0 Å². The fraction of sp³-hybridized carbons (Fsp3) is 0.158. The molecule has 1 N–H and O–H groups in total. The van der Waals surface area contributed by atoms with E-state index in [2.05, 4.69) is 32.4 Å². The van der Waals surface area contributed by atoms with Gasteiger partial charge in [-0.25, -0.2) is 4.68 Å². The third kappa shape index (κ3) is 3.44. The van der Waals surface area contributed by atoms with Crippen LogP contribution in [-0.2, 0) is 6.42 Å². The first-order valence-electron chi connectivity index (χ1n) is 8.02. The zero-order valence-corrected chi connectivity index (χ0v) is 14.9. The van der Waals surface area contributed by atoms with Gasteiger partial charge in [0.05, 0.1) is 22.9 Å². The zero-order valence-electron chi connectivity index (χ0n) is 13.4. The maximum atomic E-state index is 12.5. The lowest BCUT2D eigenvalue weighted by molar-refractivity contribution is 0.0933. The van der Waals surface area contributed by atoms with Crippen LogP contribution >= 0.6 is 15.9 Å². The number of hydrogen-bond donors (Lipinski definition) is 1. The van der Waals surface area contributed by atoms with Crippen LogP contribution in [0.1, 0.15) is 15.9 Å². The Morgan fingerprint density at radius 1 is 1.28 bits per heavy atom. The summed E-state index contributed by atoms with van der Waals surface area (Å²) in [4.78, 5) is 12.5. The van der Waals surface area contributed by atoms with Crippen LogP contribution < -0.4 is 10.1 Å². The monoisotopic (exact) mass is 397 g/mol. The first-order chi connectivity index (χ1) is 12.2. The number of carbonyl (C=O) groups is 1. The molecular weight excluding hydrogens is 382 g/mol. The summed E-state index contributed by atoms with van der Waals surface area (Å²) in [6.45, 7) is 0.477. The first-order valence-corrected chi connectivity index (χ1v) is 8.82. The minimum absolute atomic E-state index is 0.0217. The van der Waals surface area contributed by atoms with E-state index in [9.17, 15) is 4.79 Å². The highest BCUT2D eigenvalue weighted by molar-refractivity contribution is 9.10. The number of carbonyl (C=O) groups excluding carboxylic acids is 1. The summed E-state index contributed by atoms with van der Waals surface area (Å²) in [6.07, 6.45) is 4.35. The van der Waals surface area contributed by atoms with Crippen molar-refractivity contribution < 1.29 is 9.53 Å². The molecule has 6 heteroatoms. The summed E-state index contributed by atoms with van der Waals surface area (Å²) >= 11 is 3.38. The maximum absolute atomic E-state index is 12.5. The van der Waals surface area contributed by atoms with E-state index in [0.717, 1.165) is 22.3 Å². The first kappa shape index (κ1) is 15.9. The molecule has 1 aliphatic rings. The highest BCUT2D eigenvalue weighted by Gasteiger charge is 2.22. The Morgan fingerprint density at radius 3 is 2.96 bits per heavy atom. The van der Waals surface area contributed by atoms with Crippen molar-refractivity contribution in [3.05, 3.63) is 76.5 Å². The number of ether oxygens (including phenoxy) is 1. The molecule has 1 aliphatic heterocycles. The molecule has 1 amide bonds. The fourth-order valence-corrected chi connectivity index (χ4v) is 3.19. The molecule has 0 saturated heterocycles. The van der Waals surface area contributed by atoms with Crippen LogP contribution in [0.25, 0.3) is 5.69 Å². The van der Waals surface area contributed by atoms with Crippen molar-refractivity contribution >= 4 is 21.8 Å². The molecule has 1 aromatic heterocycles. The molecule has 0 saturated carbocycles. The summed E-state index contributed by atoms with van der Waals surface area (Å²) in [5, 5.41) is 7.19. The lowest BCUT2D eigenvalue weighted by Crippen LogP contribution is -2.34. The van der Waals surface area contributed by atoms with Gasteiger partial charge in [0, 0.05) is 18.2 Å². The second kappa shape index (κ2) is 6.72. The SMILES string of the molecule is O=C(NC[C@H]1Cc2ccccc2O1)c1cccc(-n2cc(Br)cn2)c1. The topological polar surface area (TPSA) is 56.1 Å². The Kier molecular flexibility index (Phi) is 4.28. The molecular formula is C19H16BrN3O2. The maximum Gasteiger partial charge on any atom is 0.251 e. The number of halogens is 1. The Bertz CT molecular complexity index is 897. The molecule has 1 atom stereocenters. The summed E-state index contributed by atoms with van der Waals surface area (Å²) < 4.78 is 8.46. The largest absolute Gasteiger partial charge is 0.488 e. The number of rotatable bonds is 4. The number of aromatic nitrogens is 2. The van der Waals surface area contributed by atoms with E-state index < -0.39 is 0 Å². The van der Waals surface area contributed by atoms with Gasteiger partial charge in [-0.2, -0.15) is 5.10 Å². The van der Waals surface area contributed by atoms with E-state index in [1.807, 2.05) is 42.6 Å². The Balaban J connectivity index is 1.40. The van der Waals surface area contributed by atoms with Gasteiger partial charge in [0.2, 0.25) is 0 Å². The fourth-order valence-electron chi connectivity index (χ4n) is 2.91. The number of hydrogen-bond acceptors (Lipinski definition) is 3. The molecule has 0 unspecified atom stereocenters. The van der Waals surface area contributed by atoms with Crippen molar-refractivity contribution in [2.45, 2.75) is 12.5 Å². The minimum Gasteiger partial charge on any atom is -0.488 e. The van der Waals surface area contributed by atoms with Gasteiger partial charge in [-0.1, -0.05) is 24.3 Å². The number of fused-ring (bicyclic) bond motifs is 1. The van der Waals surface area contributed by atoms with E-state index in [4.69, 9.17) is 4.74 Å². The molecule has 3 aromatic rings. The second-order valence-electron chi connectivity index (χ2n) is 5.92. The molecule has 0 bridgehead atoms. The normalized spacial score (nSPS) is 15.5. The van der Waals surface area contributed by atoms with E-state index in [1.165, 1.54) is 5.56 Å². The van der Waals surface area contributed by atoms with Crippen molar-refractivity contribution in [3.63, 3.8) is 0 Å². The van der Waals surface area contributed by atoms with E-state index >= 15 is 0 Å². The zero-order chi connectivity index (χ0) is 17.2. The molecule has 2 aromatic carbocycles. The molecule has 5 nitrogen and oxygen atoms in total. The van der Waals surface area contributed by atoms with Crippen LogP contribution in [0.3, 0.4) is 0 Å². The molecule has 2 heterocycles. The second-order valence-corrected chi connectivity index (χ2v) is 6.83. The lowest BCUT2D eigenvalue weighted by atomic mass is 10.1. The molecule has 0 fully saturated rings. The minimum atomic E-state index is -0.118. The van der Waals surface area contributed by atoms with E-state index in [1.54, 1.807) is 16.9 Å². The number of nitrogens with zero attached hydrogens (tertiary/aromatic N) is 2. The van der Waals surface area contributed by atoms with Gasteiger partial charge >= 0.3 is 0 Å². The highest BCUT2D eigenvalue weighted by Crippen LogP contribution is 2.27. The smallest absolute Gasteiger partial charge is 0.251 e. The summed E-state index contributed by atoms with van der Waals surface area (Å²) in [7, 11) is 0. The predicted molar refractivity (Wildman–Crippen MR) is 98.2 cm³/mol. The van der Waals surface area contributed by atoms with E-state index in [0.29, 0.717) is 12.1 Å². The van der Waals surface area contributed by atoms with Crippen LogP contribution in [0.15, 0.2) is 65.4 Å². The van der Waals surface area contributed by atoms with Gasteiger partial charge in [-0.15, -0.1) is 0 Å². The average molecular weight is 398 g/mol. The van der Waals surface area contributed by atoms with Crippen LogP contribution in [-0.4, -0.2) is 28.3 Å². The summed E-state index contributed by atoms with van der Waals surface area (Å²) in [6, 6.07) is 15.3. The predicted octanol–water partition coefficient (Wildman–Crippen LogP) is 3.37. The molecule has 0 radical (unpaired) electrons. The van der Waals surface area contributed by atoms with Crippen LogP contribution in [0.5, 0.6) is 5.75 Å². The number of para-hydroxylation sites is 1. The standard InChI is InChI=1S/C19H16BrN3O2/c20-15-10-22-23(12-15)16-6-3-5-14(8-16)19(24)21-11-17-9-13-4-1-2-7-18(13)25-17/h1-8,10,12,17H,9,11H2,(H,21,24)/t17-/m1/s1. The summed E-state index contributed by atoms with van der Waals surface area (Å²) in [5.74, 6) is 0.792. The third-order valence-corrected chi connectivity index (χ3v) is 4.54. The van der Waals surface area contributed by atoms with Crippen molar-refractivity contribution in [1.29, 1.82) is 0 Å². The van der Waals surface area contributed by atoms with E-state index in [-0.39, 0.29) is 12.0 Å². The summed E-state index contributed by atoms with van der Waals surface area (Å²) in [5.41, 5.74) is 2.62. The quantitative estimate of drug-likeness (QED) is 0.733. The van der Waals surface area contributed by atoms with Gasteiger partial charge in [-0.3, -0.25) is 4.79 Å². The van der Waals surface area contributed by atoms with Crippen LogP contribution in [0, 0.1) is 0 Å². The molecule has 0 aliphatic carbocycles. The number of amides is 1. The average Bonchev–Trinajstić information content (AvgIpc) is 3.25. The third-order valence-electron chi connectivity index (χ3n) is 4.13. The van der Waals surface area contributed by atoms with Gasteiger partial charge < -0.3 is 10.1 Å². The molecule has 0 spiro atoms. The van der Waals surface area contributed by atoms with Gasteiger partial charge in [0.1, 0.15) is 11.9 Å². The Labute approximate surface area is 153 Å². The highest BCUT2D eigenvalue weighted by atomic mass is 79.9. The van der Waals surface area contributed by atoms with Crippen molar-refractivity contribution in [1.82, 2.24) is 15.1 Å². The number of nitrogens with one attached hydrogen (secondary N) is 1. The van der Waals surface area contributed by atoms with Gasteiger partial charge in [-0.05, 0) is 45.8 Å². The molecule has 25 heavy (non-hydrogen) atoms. The van der Waals surface area contributed by atoms with Crippen molar-refractivity contribution in [3.8, 4) is 11.4 Å². The molecule has 4 rings (SSSR count). The lowest BCUT2D eigenvalue weighted by Gasteiger charge is -2.12. The van der Waals surface area contributed by atoms with Crippen LogP contribution in [0.4, 0.5) is 0 Å². The Hall–Kier alpha value is -2.60. The number of benzene rings is 2. The Morgan fingerprint density at radius 2 is 2.16 bits per heavy atom. The molecule has 126 valence electrons. The van der Waals surface area contributed by atoms with Crippen molar-refractivity contribution in [2.75, 3.05) is 6.54 Å².